The number of carbonyl (C=O) groups is 1. The van der Waals surface area contributed by atoms with Crippen molar-refractivity contribution in [3.63, 3.8) is 0 Å². The Morgan fingerprint density at radius 1 is 1.44 bits per heavy atom. The van der Waals surface area contributed by atoms with E-state index in [1.54, 1.807) is 0 Å². The van der Waals surface area contributed by atoms with Crippen molar-refractivity contribution in [2.75, 3.05) is 5.75 Å². The van der Waals surface area contributed by atoms with Crippen molar-refractivity contribution in [3.8, 4) is 0 Å². The van der Waals surface area contributed by atoms with Gasteiger partial charge in [0.1, 0.15) is 0 Å². The zero-order chi connectivity index (χ0) is 7.49. The second-order valence-corrected chi connectivity index (χ2v) is 2.98. The lowest BCUT2D eigenvalue weighted by molar-refractivity contribution is -0.142. The highest BCUT2D eigenvalue weighted by molar-refractivity contribution is 7.85. The molecule has 0 amide bonds. The lowest BCUT2D eigenvalue weighted by atomic mass is 10.5. The van der Waals surface area contributed by atoms with Crippen LogP contribution in [0.4, 0.5) is 0 Å². The maximum Gasteiger partial charge on any atom is 0.356 e. The van der Waals surface area contributed by atoms with Crippen LogP contribution in [-0.2, 0) is 20.0 Å². The van der Waals surface area contributed by atoms with Crippen LogP contribution >= 0.6 is 0 Å². The highest BCUT2D eigenvalue weighted by Gasteiger charge is 2.08. The van der Waals surface area contributed by atoms with Crippen LogP contribution in [0.25, 0.3) is 0 Å². The third kappa shape index (κ3) is 7.38. The molecule has 1 radical (unpaired) electrons. The molecule has 0 heterocycles. The molecule has 0 spiro atoms. The third-order valence-electron chi connectivity index (χ3n) is 0.564. The van der Waals surface area contributed by atoms with E-state index in [2.05, 4.69) is 0 Å². The summed E-state index contributed by atoms with van der Waals surface area (Å²) in [6.07, 6.45) is -0.668. The smallest absolute Gasteiger partial charge is 0.286 e. The zero-order valence-electron chi connectivity index (χ0n) is 4.40. The molecule has 0 saturated heterocycles. The fourth-order valence-corrected chi connectivity index (χ4v) is 0.637. The Kier molecular flexibility index (Phi) is 2.60. The van der Waals surface area contributed by atoms with Gasteiger partial charge in [0.2, 0.25) is 0 Å². The van der Waals surface area contributed by atoms with E-state index < -0.39 is 28.3 Å². The molecular weight excluding hydrogens is 148 g/mol. The summed E-state index contributed by atoms with van der Waals surface area (Å²) in [7, 11) is -4.14. The lowest BCUT2D eigenvalue weighted by Crippen LogP contribution is -2.07. The van der Waals surface area contributed by atoms with Gasteiger partial charge in [-0.25, -0.2) is 9.90 Å². The first-order valence-electron chi connectivity index (χ1n) is 2.07. The molecule has 0 unspecified atom stereocenters. The highest BCUT2D eigenvalue weighted by Crippen LogP contribution is 1.87. The van der Waals surface area contributed by atoms with Gasteiger partial charge in [0.05, 0.1) is 12.2 Å². The molecule has 1 N–H and O–H groups in total. The minimum atomic E-state index is -4.14. The van der Waals surface area contributed by atoms with Crippen molar-refractivity contribution < 1.29 is 22.9 Å². The number of hydrogen-bond donors (Lipinski definition) is 1. The third-order valence-corrected chi connectivity index (χ3v) is 1.28. The van der Waals surface area contributed by atoms with E-state index in [1.165, 1.54) is 0 Å². The molecule has 0 saturated carbocycles. The fourth-order valence-electron chi connectivity index (χ4n) is 0.212. The van der Waals surface area contributed by atoms with Gasteiger partial charge in [0.15, 0.2) is 0 Å². The van der Waals surface area contributed by atoms with Gasteiger partial charge in [-0.2, -0.15) is 8.42 Å². The van der Waals surface area contributed by atoms with Crippen molar-refractivity contribution in [2.24, 2.45) is 0 Å². The Morgan fingerprint density at radius 2 is 1.89 bits per heavy atom. The van der Waals surface area contributed by atoms with Crippen molar-refractivity contribution >= 4 is 16.1 Å². The van der Waals surface area contributed by atoms with Crippen LogP contribution in [0.1, 0.15) is 6.42 Å². The second kappa shape index (κ2) is 2.79. The van der Waals surface area contributed by atoms with Crippen LogP contribution in [0.5, 0.6) is 0 Å². The van der Waals surface area contributed by atoms with Crippen molar-refractivity contribution in [1.29, 1.82) is 0 Å². The lowest BCUT2D eigenvalue weighted by Gasteiger charge is -1.87. The molecule has 0 aromatic heterocycles. The standard InChI is InChI=1S/C3H5O5S/c4-3(5)1-2-9(6,7)8/h1-2H2,(H,6,7,8). The largest absolute Gasteiger partial charge is 0.356 e. The Bertz CT molecular complexity index is 190. The normalized spacial score (nSPS) is 11.2. The van der Waals surface area contributed by atoms with Crippen LogP contribution < -0.4 is 0 Å². The highest BCUT2D eigenvalue weighted by atomic mass is 32.2. The topological polar surface area (TPSA) is 91.3 Å². The van der Waals surface area contributed by atoms with E-state index in [4.69, 9.17) is 4.55 Å². The van der Waals surface area contributed by atoms with Crippen LogP contribution in [0.2, 0.25) is 0 Å². The Hall–Kier alpha value is -0.620. The molecule has 5 nitrogen and oxygen atoms in total. The van der Waals surface area contributed by atoms with Crippen LogP contribution in [-0.4, -0.2) is 24.7 Å². The summed E-state index contributed by atoms with van der Waals surface area (Å²) in [6, 6.07) is 0. The molecule has 53 valence electrons. The maximum atomic E-state index is 9.80. The first kappa shape index (κ1) is 8.38. The minimum absolute atomic E-state index is 0.668. The molecule has 0 fully saturated rings. The predicted molar refractivity (Wildman–Crippen MR) is 26.7 cm³/mol. The molecule has 0 rings (SSSR count). The summed E-state index contributed by atoms with van der Waals surface area (Å²) in [4.78, 5) is 9.56. The van der Waals surface area contributed by atoms with Gasteiger partial charge in [0.25, 0.3) is 10.1 Å². The second-order valence-electron chi connectivity index (χ2n) is 1.41. The summed E-state index contributed by atoms with van der Waals surface area (Å²) in [5.74, 6) is -2.28. The molecule has 0 aromatic carbocycles. The van der Waals surface area contributed by atoms with Crippen LogP contribution in [0, 0.1) is 0 Å². The van der Waals surface area contributed by atoms with Crippen molar-refractivity contribution in [2.45, 2.75) is 6.42 Å². The van der Waals surface area contributed by atoms with Crippen LogP contribution in [0.3, 0.4) is 0 Å². The SMILES string of the molecule is [O]C(=O)CCS(=O)(=O)O. The summed E-state index contributed by atoms with van der Waals surface area (Å²) in [5, 5.41) is 9.56. The predicted octanol–water partition coefficient (Wildman–Crippen LogP) is -0.779. The van der Waals surface area contributed by atoms with Gasteiger partial charge < -0.3 is 0 Å². The van der Waals surface area contributed by atoms with E-state index in [0.717, 1.165) is 0 Å². The van der Waals surface area contributed by atoms with Crippen LogP contribution in [0.15, 0.2) is 0 Å². The van der Waals surface area contributed by atoms with E-state index in [-0.39, 0.29) is 0 Å². The summed E-state index contributed by atoms with van der Waals surface area (Å²) in [6.45, 7) is 0. The number of hydrogen-bond acceptors (Lipinski definition) is 3. The van der Waals surface area contributed by atoms with E-state index in [9.17, 15) is 18.3 Å². The number of rotatable bonds is 3. The molecule has 0 bridgehead atoms. The summed E-state index contributed by atoms with van der Waals surface area (Å²) < 4.78 is 27.5. The first-order chi connectivity index (χ1) is 3.92. The molecule has 0 atom stereocenters. The molecule has 0 aromatic rings. The number of carbonyl (C=O) groups excluding carboxylic acids is 1. The monoisotopic (exact) mass is 153 g/mol. The average Bonchev–Trinajstić information content (AvgIpc) is 1.59. The van der Waals surface area contributed by atoms with Gasteiger partial charge in [-0.05, 0) is 0 Å². The molecule has 0 aliphatic heterocycles. The van der Waals surface area contributed by atoms with Gasteiger partial charge >= 0.3 is 5.97 Å². The quantitative estimate of drug-likeness (QED) is 0.538. The zero-order valence-corrected chi connectivity index (χ0v) is 5.22. The van der Waals surface area contributed by atoms with Gasteiger partial charge in [0, 0.05) is 0 Å². The van der Waals surface area contributed by atoms with Gasteiger partial charge in [-0.3, -0.25) is 4.55 Å². The Morgan fingerprint density at radius 3 is 2.00 bits per heavy atom. The first-order valence-corrected chi connectivity index (χ1v) is 3.68. The molecule has 6 heteroatoms. The fraction of sp³-hybridized carbons (Fsp3) is 0.667. The Labute approximate surface area is 52.1 Å². The molecule has 0 aliphatic rings. The van der Waals surface area contributed by atoms with E-state index >= 15 is 0 Å². The summed E-state index contributed by atoms with van der Waals surface area (Å²) in [5.41, 5.74) is 0. The van der Waals surface area contributed by atoms with Crippen molar-refractivity contribution in [1.82, 2.24) is 0 Å². The van der Waals surface area contributed by atoms with Gasteiger partial charge in [-0.1, -0.05) is 0 Å². The Balaban J connectivity index is 3.67. The van der Waals surface area contributed by atoms with E-state index in [0.29, 0.717) is 0 Å². The molecule has 9 heavy (non-hydrogen) atoms. The average molecular weight is 153 g/mol. The van der Waals surface area contributed by atoms with E-state index in [1.807, 2.05) is 0 Å². The maximum absolute atomic E-state index is 9.80. The molecule has 0 aliphatic carbocycles. The summed E-state index contributed by atoms with van der Waals surface area (Å²) >= 11 is 0. The van der Waals surface area contributed by atoms with Crippen molar-refractivity contribution in [3.05, 3.63) is 0 Å². The minimum Gasteiger partial charge on any atom is -0.286 e. The molecular formula is C3H5O5S. The van der Waals surface area contributed by atoms with Gasteiger partial charge in [-0.15, -0.1) is 0 Å².